The van der Waals surface area contributed by atoms with Crippen molar-refractivity contribution in [2.45, 2.75) is 38.0 Å². The molecule has 0 spiro atoms. The minimum Gasteiger partial charge on any atom is -0.497 e. The van der Waals surface area contributed by atoms with E-state index in [0.29, 0.717) is 29.4 Å². The highest BCUT2D eigenvalue weighted by molar-refractivity contribution is 5.98. The number of pyridine rings is 1. The molecule has 0 radical (unpaired) electrons. The van der Waals surface area contributed by atoms with Gasteiger partial charge in [0.2, 0.25) is 0 Å². The average molecular weight is 460 g/mol. The number of aromatic nitrogens is 4. The molecule has 0 unspecified atom stereocenters. The van der Waals surface area contributed by atoms with Crippen molar-refractivity contribution in [1.29, 1.82) is 0 Å². The lowest BCUT2D eigenvalue weighted by Gasteiger charge is -2.40. The highest BCUT2D eigenvalue weighted by Crippen LogP contribution is 2.30. The van der Waals surface area contributed by atoms with Gasteiger partial charge in [0.25, 0.3) is 5.91 Å². The number of carbonyl (C=O) groups excluding carboxylic acids is 1. The number of nitrogens with zero attached hydrogens (tertiary/aromatic N) is 5. The monoisotopic (exact) mass is 460 g/mol. The topological polar surface area (TPSA) is 85.2 Å². The number of rotatable bonds is 5. The molecule has 1 aliphatic heterocycles. The van der Waals surface area contributed by atoms with Crippen LogP contribution in [0.15, 0.2) is 48.9 Å². The zero-order valence-corrected chi connectivity index (χ0v) is 18.1. The van der Waals surface area contributed by atoms with Crippen LogP contribution in [0.5, 0.6) is 5.75 Å². The Morgan fingerprint density at radius 2 is 1.94 bits per heavy atom. The van der Waals surface area contributed by atoms with E-state index in [2.05, 4.69) is 20.5 Å². The summed E-state index contributed by atoms with van der Waals surface area (Å²) >= 11 is 0. The molecule has 0 aliphatic carbocycles. The van der Waals surface area contributed by atoms with Gasteiger partial charge in [0.15, 0.2) is 0 Å². The lowest BCUT2D eigenvalue weighted by atomic mass is 9.96. The summed E-state index contributed by atoms with van der Waals surface area (Å²) < 4.78 is 43.7. The third-order valence-electron chi connectivity index (χ3n) is 5.74. The largest absolute Gasteiger partial charge is 0.497 e. The maximum Gasteiger partial charge on any atom is 0.417 e. The van der Waals surface area contributed by atoms with Crippen LogP contribution in [-0.4, -0.2) is 56.5 Å². The van der Waals surface area contributed by atoms with Crippen LogP contribution < -0.4 is 10.1 Å². The van der Waals surface area contributed by atoms with Crippen LogP contribution in [-0.2, 0) is 6.18 Å². The Kier molecular flexibility index (Phi) is 6.21. The summed E-state index contributed by atoms with van der Waals surface area (Å²) in [4.78, 5) is 20.6. The van der Waals surface area contributed by atoms with E-state index in [1.54, 1.807) is 23.1 Å². The van der Waals surface area contributed by atoms with Gasteiger partial charge in [-0.3, -0.25) is 4.79 Å². The molecular formula is C22H23F3N6O2. The van der Waals surface area contributed by atoms with E-state index < -0.39 is 11.7 Å². The number of alkyl halides is 3. The van der Waals surface area contributed by atoms with Gasteiger partial charge in [0, 0.05) is 24.8 Å². The number of anilines is 1. The van der Waals surface area contributed by atoms with Crippen molar-refractivity contribution in [3.05, 3.63) is 60.0 Å². The minimum absolute atomic E-state index is 0.177. The molecule has 3 heterocycles. The number of hydrogen-bond acceptors (Lipinski definition) is 6. The summed E-state index contributed by atoms with van der Waals surface area (Å²) in [5.74, 6) is 0.653. The van der Waals surface area contributed by atoms with Gasteiger partial charge in [-0.25, -0.2) is 4.98 Å². The molecule has 2 atom stereocenters. The molecule has 0 saturated carbocycles. The van der Waals surface area contributed by atoms with E-state index >= 15 is 0 Å². The van der Waals surface area contributed by atoms with Gasteiger partial charge >= 0.3 is 6.18 Å². The molecule has 1 N–H and O–H groups in total. The molecule has 1 amide bonds. The number of amides is 1. The first kappa shape index (κ1) is 22.6. The van der Waals surface area contributed by atoms with E-state index in [0.717, 1.165) is 25.1 Å². The molecule has 1 aliphatic rings. The molecule has 3 aromatic rings. The van der Waals surface area contributed by atoms with Crippen LogP contribution in [0, 0.1) is 0 Å². The first-order valence-corrected chi connectivity index (χ1v) is 10.4. The van der Waals surface area contributed by atoms with Gasteiger partial charge in [0.1, 0.15) is 11.6 Å². The summed E-state index contributed by atoms with van der Waals surface area (Å²) in [6, 6.07) is 7.00. The average Bonchev–Trinajstić information content (AvgIpc) is 3.34. The molecule has 8 nitrogen and oxygen atoms in total. The molecule has 1 saturated heterocycles. The van der Waals surface area contributed by atoms with Crippen LogP contribution in [0.25, 0.3) is 5.69 Å². The Bertz CT molecular complexity index is 1100. The highest BCUT2D eigenvalue weighted by atomic mass is 19.4. The van der Waals surface area contributed by atoms with Gasteiger partial charge in [-0.15, -0.1) is 0 Å². The molecule has 174 valence electrons. The quantitative estimate of drug-likeness (QED) is 0.624. The van der Waals surface area contributed by atoms with E-state index in [4.69, 9.17) is 4.74 Å². The van der Waals surface area contributed by atoms with Gasteiger partial charge in [-0.2, -0.15) is 28.2 Å². The second-order valence-corrected chi connectivity index (χ2v) is 7.76. The standard InChI is InChI=1S/C22H23F3N6O2/c1-14-18(29-20-8-5-15(13-26-20)22(23,24)25)4-3-11-30(14)21(32)17-12-16(33-2)6-7-19(17)31-27-9-10-28-31/h5-10,12-14,18H,3-4,11H2,1-2H3,(H,26,29)/t14-,18+/m0/s1. The summed E-state index contributed by atoms with van der Waals surface area (Å²) in [7, 11) is 1.52. The Morgan fingerprint density at radius 3 is 2.58 bits per heavy atom. The first-order valence-electron chi connectivity index (χ1n) is 10.4. The van der Waals surface area contributed by atoms with Crippen molar-refractivity contribution < 1.29 is 22.7 Å². The zero-order chi connectivity index (χ0) is 23.6. The summed E-state index contributed by atoms with van der Waals surface area (Å²) in [6.07, 6.45) is 0.897. The Hall–Kier alpha value is -3.63. The Balaban J connectivity index is 1.56. The molecule has 11 heteroatoms. The van der Waals surface area contributed by atoms with E-state index in [9.17, 15) is 18.0 Å². The Labute approximate surface area is 188 Å². The van der Waals surface area contributed by atoms with Crippen molar-refractivity contribution in [1.82, 2.24) is 24.9 Å². The fourth-order valence-electron chi connectivity index (χ4n) is 3.94. The van der Waals surface area contributed by atoms with E-state index in [1.807, 2.05) is 6.92 Å². The van der Waals surface area contributed by atoms with Crippen LogP contribution in [0.3, 0.4) is 0 Å². The highest BCUT2D eigenvalue weighted by Gasteiger charge is 2.34. The fourth-order valence-corrected chi connectivity index (χ4v) is 3.94. The van der Waals surface area contributed by atoms with Crippen molar-refractivity contribution in [3.8, 4) is 11.4 Å². The third-order valence-corrected chi connectivity index (χ3v) is 5.74. The predicted molar refractivity (Wildman–Crippen MR) is 114 cm³/mol. The maximum absolute atomic E-state index is 13.6. The van der Waals surface area contributed by atoms with Crippen LogP contribution in [0.1, 0.15) is 35.7 Å². The van der Waals surface area contributed by atoms with Crippen molar-refractivity contribution >= 4 is 11.7 Å². The summed E-state index contributed by atoms with van der Waals surface area (Å²) in [5, 5.41) is 11.5. The summed E-state index contributed by atoms with van der Waals surface area (Å²) in [5.41, 5.74) is 0.113. The number of ether oxygens (including phenoxy) is 1. The Morgan fingerprint density at radius 1 is 1.18 bits per heavy atom. The molecule has 1 fully saturated rings. The van der Waals surface area contributed by atoms with Crippen LogP contribution in [0.4, 0.5) is 19.0 Å². The van der Waals surface area contributed by atoms with E-state index in [-0.39, 0.29) is 18.0 Å². The number of piperidine rings is 1. The van der Waals surface area contributed by atoms with Gasteiger partial charge in [-0.1, -0.05) is 0 Å². The molecule has 1 aromatic carbocycles. The molecule has 2 aromatic heterocycles. The molecular weight excluding hydrogens is 437 g/mol. The molecule has 33 heavy (non-hydrogen) atoms. The minimum atomic E-state index is -4.44. The first-order chi connectivity index (χ1) is 15.8. The second kappa shape index (κ2) is 9.08. The lowest BCUT2D eigenvalue weighted by Crippen LogP contribution is -2.52. The zero-order valence-electron chi connectivity index (χ0n) is 18.1. The molecule has 4 rings (SSSR count). The van der Waals surface area contributed by atoms with Crippen LogP contribution >= 0.6 is 0 Å². The number of carbonyl (C=O) groups is 1. The SMILES string of the molecule is COc1ccc(-n2nccn2)c(C(=O)N2CCC[C@@H](Nc3ccc(C(F)(F)F)cn3)[C@@H]2C)c1. The van der Waals surface area contributed by atoms with Crippen molar-refractivity contribution in [2.75, 3.05) is 19.0 Å². The van der Waals surface area contributed by atoms with Crippen molar-refractivity contribution in [2.24, 2.45) is 0 Å². The molecule has 0 bridgehead atoms. The number of methoxy groups -OCH3 is 1. The number of likely N-dealkylation sites (tertiary alicyclic amines) is 1. The number of hydrogen-bond donors (Lipinski definition) is 1. The predicted octanol–water partition coefficient (Wildman–Crippen LogP) is 3.79. The summed E-state index contributed by atoms with van der Waals surface area (Å²) in [6.45, 7) is 2.45. The maximum atomic E-state index is 13.6. The number of nitrogens with one attached hydrogen (secondary N) is 1. The van der Waals surface area contributed by atoms with Crippen LogP contribution in [0.2, 0.25) is 0 Å². The fraction of sp³-hybridized carbons (Fsp3) is 0.364. The van der Waals surface area contributed by atoms with Crippen molar-refractivity contribution in [3.63, 3.8) is 0 Å². The van der Waals surface area contributed by atoms with E-state index in [1.165, 1.54) is 30.4 Å². The van der Waals surface area contributed by atoms with Gasteiger partial charge in [0.05, 0.1) is 36.3 Å². The van der Waals surface area contributed by atoms with Gasteiger partial charge in [-0.05, 0) is 50.1 Å². The smallest absolute Gasteiger partial charge is 0.417 e. The normalized spacial score (nSPS) is 18.8. The van der Waals surface area contributed by atoms with Gasteiger partial charge < -0.3 is 15.0 Å². The number of benzene rings is 1. The number of halogens is 3. The third kappa shape index (κ3) is 4.76. The lowest BCUT2D eigenvalue weighted by molar-refractivity contribution is -0.137. The second-order valence-electron chi connectivity index (χ2n) is 7.76.